The zero-order valence-electron chi connectivity index (χ0n) is 9.67. The molecule has 0 aliphatic carbocycles. The molecular formula is C15H13Cl2Ti-. The average molecular weight is 312 g/mol. The van der Waals surface area contributed by atoms with E-state index in [0.29, 0.717) is 0 Å². The first kappa shape index (κ1) is 17.3. The third-order valence-electron chi connectivity index (χ3n) is 2.73. The van der Waals surface area contributed by atoms with E-state index in [1.54, 1.807) is 0 Å². The molecule has 0 aliphatic heterocycles. The summed E-state index contributed by atoms with van der Waals surface area (Å²) in [5, 5.41) is 2.63. The molecule has 0 atom stereocenters. The minimum Gasteiger partial charge on any atom is -0.147 e. The van der Waals surface area contributed by atoms with Crippen molar-refractivity contribution in [2.24, 2.45) is 0 Å². The summed E-state index contributed by atoms with van der Waals surface area (Å²) in [6.07, 6.45) is 0. The standard InChI is InChI=1S/C15H11.2ClH.Ti/c1-2-6-12(7-3-1)15-10-13-8-4-5-9-14(13)11-15;;;/h1-11H;2*1H;/q-1;;;. The van der Waals surface area contributed by atoms with Crippen LogP contribution in [0.4, 0.5) is 0 Å². The van der Waals surface area contributed by atoms with E-state index in [4.69, 9.17) is 0 Å². The van der Waals surface area contributed by atoms with Crippen LogP contribution >= 0.6 is 24.8 Å². The Kier molecular flexibility index (Phi) is 7.43. The van der Waals surface area contributed by atoms with E-state index in [-0.39, 0.29) is 46.5 Å². The molecule has 0 spiro atoms. The summed E-state index contributed by atoms with van der Waals surface area (Å²) >= 11 is 0. The number of halogens is 2. The normalized spacial score (nSPS) is 8.89. The first-order valence-electron chi connectivity index (χ1n) is 5.14. The summed E-state index contributed by atoms with van der Waals surface area (Å²) in [7, 11) is 0. The Morgan fingerprint density at radius 1 is 0.722 bits per heavy atom. The Bertz CT molecular complexity index is 555. The minimum absolute atomic E-state index is 0. The van der Waals surface area contributed by atoms with Gasteiger partial charge in [0.05, 0.1) is 0 Å². The van der Waals surface area contributed by atoms with E-state index in [2.05, 4.69) is 60.7 Å². The van der Waals surface area contributed by atoms with Gasteiger partial charge >= 0.3 is 0 Å². The van der Waals surface area contributed by atoms with Crippen LogP contribution < -0.4 is 0 Å². The minimum atomic E-state index is 0. The molecule has 0 radical (unpaired) electrons. The molecule has 0 aliphatic rings. The molecule has 3 aromatic rings. The van der Waals surface area contributed by atoms with Gasteiger partial charge in [0.15, 0.2) is 0 Å². The van der Waals surface area contributed by atoms with Gasteiger partial charge in [-0.2, -0.15) is 0 Å². The predicted octanol–water partition coefficient (Wildman–Crippen LogP) is 5.07. The molecule has 0 heterocycles. The van der Waals surface area contributed by atoms with Crippen LogP contribution in [0.3, 0.4) is 0 Å². The number of hydrogen-bond donors (Lipinski definition) is 0. The molecule has 0 bridgehead atoms. The number of benzene rings is 2. The monoisotopic (exact) mass is 311 g/mol. The van der Waals surface area contributed by atoms with Crippen LogP contribution in [0.5, 0.6) is 0 Å². The molecule has 0 aromatic heterocycles. The molecule has 0 fully saturated rings. The molecule has 0 unspecified atom stereocenters. The van der Waals surface area contributed by atoms with Crippen LogP contribution in [0.1, 0.15) is 0 Å². The predicted molar refractivity (Wildman–Crippen MR) is 79.5 cm³/mol. The third-order valence-corrected chi connectivity index (χ3v) is 2.73. The van der Waals surface area contributed by atoms with Gasteiger partial charge in [0, 0.05) is 21.7 Å². The summed E-state index contributed by atoms with van der Waals surface area (Å²) < 4.78 is 0. The molecule has 0 saturated heterocycles. The summed E-state index contributed by atoms with van der Waals surface area (Å²) in [4.78, 5) is 0. The SMILES string of the molecule is Cl.Cl.[Ti].c1ccc(-c2cc3ccccc3[cH-]2)cc1. The molecule has 0 saturated carbocycles. The number of hydrogen-bond acceptors (Lipinski definition) is 0. The molecule has 18 heavy (non-hydrogen) atoms. The Labute approximate surface area is 134 Å². The maximum Gasteiger partial charge on any atom is 0 e. The Morgan fingerprint density at radius 3 is 2.00 bits per heavy atom. The van der Waals surface area contributed by atoms with E-state index in [1.807, 2.05) is 6.07 Å². The molecule has 3 rings (SSSR count). The van der Waals surface area contributed by atoms with Crippen LogP contribution in [-0.2, 0) is 21.7 Å². The molecular weight excluding hydrogens is 299 g/mol. The molecule has 3 aromatic carbocycles. The van der Waals surface area contributed by atoms with Crippen molar-refractivity contribution in [1.29, 1.82) is 0 Å². The van der Waals surface area contributed by atoms with Crippen molar-refractivity contribution in [2.75, 3.05) is 0 Å². The Balaban J connectivity index is 0.000000963. The summed E-state index contributed by atoms with van der Waals surface area (Å²) in [5.41, 5.74) is 2.59. The van der Waals surface area contributed by atoms with E-state index >= 15 is 0 Å². The van der Waals surface area contributed by atoms with Crippen LogP contribution in [0.25, 0.3) is 21.9 Å². The molecule has 0 nitrogen and oxygen atoms in total. The van der Waals surface area contributed by atoms with Crippen molar-refractivity contribution < 1.29 is 21.7 Å². The van der Waals surface area contributed by atoms with E-state index in [1.165, 1.54) is 21.9 Å². The fourth-order valence-corrected chi connectivity index (χ4v) is 1.95. The van der Waals surface area contributed by atoms with Crippen LogP contribution in [0, 0.1) is 0 Å². The van der Waals surface area contributed by atoms with Crippen molar-refractivity contribution in [1.82, 2.24) is 0 Å². The second-order valence-corrected chi connectivity index (χ2v) is 3.74. The second kappa shape index (κ2) is 7.71. The topological polar surface area (TPSA) is 0 Å². The molecule has 92 valence electrons. The van der Waals surface area contributed by atoms with Crippen molar-refractivity contribution in [3.8, 4) is 11.1 Å². The van der Waals surface area contributed by atoms with Gasteiger partial charge in [-0.15, -0.1) is 59.3 Å². The van der Waals surface area contributed by atoms with Crippen molar-refractivity contribution in [3.63, 3.8) is 0 Å². The number of fused-ring (bicyclic) bond motifs is 1. The van der Waals surface area contributed by atoms with Gasteiger partial charge in [0.25, 0.3) is 0 Å². The Morgan fingerprint density at radius 2 is 1.33 bits per heavy atom. The van der Waals surface area contributed by atoms with Crippen LogP contribution in [0.2, 0.25) is 0 Å². The van der Waals surface area contributed by atoms with Gasteiger partial charge in [0.1, 0.15) is 0 Å². The van der Waals surface area contributed by atoms with Gasteiger partial charge in [-0.3, -0.25) is 0 Å². The van der Waals surface area contributed by atoms with Crippen LogP contribution in [-0.4, -0.2) is 0 Å². The van der Waals surface area contributed by atoms with Crippen molar-refractivity contribution in [3.05, 3.63) is 66.7 Å². The summed E-state index contributed by atoms with van der Waals surface area (Å²) in [5.74, 6) is 0. The van der Waals surface area contributed by atoms with E-state index < -0.39 is 0 Å². The van der Waals surface area contributed by atoms with E-state index in [9.17, 15) is 0 Å². The van der Waals surface area contributed by atoms with Crippen LogP contribution in [0.15, 0.2) is 66.7 Å². The smallest absolute Gasteiger partial charge is 0 e. The molecule has 3 heteroatoms. The van der Waals surface area contributed by atoms with Crippen molar-refractivity contribution in [2.45, 2.75) is 0 Å². The third kappa shape index (κ3) is 3.43. The first-order valence-corrected chi connectivity index (χ1v) is 5.14. The average Bonchev–Trinajstić information content (AvgIpc) is 2.74. The maximum atomic E-state index is 2.24. The number of rotatable bonds is 1. The van der Waals surface area contributed by atoms with Gasteiger partial charge in [-0.1, -0.05) is 54.1 Å². The summed E-state index contributed by atoms with van der Waals surface area (Å²) in [6, 6.07) is 23.4. The summed E-state index contributed by atoms with van der Waals surface area (Å²) in [6.45, 7) is 0. The fourth-order valence-electron chi connectivity index (χ4n) is 1.95. The van der Waals surface area contributed by atoms with Gasteiger partial charge in [0.2, 0.25) is 0 Å². The Hall–Kier alpha value is -0.656. The first-order chi connectivity index (χ1) is 7.43. The second-order valence-electron chi connectivity index (χ2n) is 3.74. The van der Waals surface area contributed by atoms with Crippen molar-refractivity contribution >= 4 is 35.6 Å². The zero-order chi connectivity index (χ0) is 10.1. The molecule has 0 N–H and O–H groups in total. The quantitative estimate of drug-likeness (QED) is 0.435. The fraction of sp³-hybridized carbons (Fsp3) is 0. The van der Waals surface area contributed by atoms with Gasteiger partial charge in [-0.05, 0) is 0 Å². The maximum absolute atomic E-state index is 2.24. The van der Waals surface area contributed by atoms with Gasteiger partial charge in [-0.25, -0.2) is 0 Å². The van der Waals surface area contributed by atoms with E-state index in [0.717, 1.165) is 0 Å². The molecule has 0 amide bonds. The zero-order valence-corrected chi connectivity index (χ0v) is 12.9. The largest absolute Gasteiger partial charge is 0.147 e. The van der Waals surface area contributed by atoms with Gasteiger partial charge < -0.3 is 0 Å².